The van der Waals surface area contributed by atoms with Crippen molar-refractivity contribution in [2.75, 3.05) is 26.4 Å². The highest BCUT2D eigenvalue weighted by atomic mass is 16.6. The van der Waals surface area contributed by atoms with Crippen LogP contribution in [-0.4, -0.2) is 49.7 Å². The molecule has 2 rings (SSSR count). The molecule has 0 unspecified atom stereocenters. The van der Waals surface area contributed by atoms with Crippen LogP contribution in [0.25, 0.3) is 0 Å². The highest BCUT2D eigenvalue weighted by Crippen LogP contribution is 2.01. The predicted octanol–water partition coefficient (Wildman–Crippen LogP) is 2.22. The molecule has 0 saturated carbocycles. The second kappa shape index (κ2) is 13.1. The molecule has 29 heavy (non-hydrogen) atoms. The number of aliphatic hydroxyl groups excluding tert-OH is 1. The smallest absolute Gasteiger partial charge is 0.407 e. The Labute approximate surface area is 169 Å². The average molecular weight is 402 g/mol. The van der Waals surface area contributed by atoms with Crippen LogP contribution in [0.15, 0.2) is 60.7 Å². The molecule has 0 heterocycles. The molecule has 0 aliphatic rings. The first kappa shape index (κ1) is 22.2. The van der Waals surface area contributed by atoms with Crippen LogP contribution in [0.1, 0.15) is 11.1 Å². The van der Waals surface area contributed by atoms with Crippen molar-refractivity contribution in [1.29, 1.82) is 0 Å². The Bertz CT molecular complexity index is 726. The van der Waals surface area contributed by atoms with Gasteiger partial charge in [0.05, 0.1) is 25.9 Å². The molecule has 2 aromatic carbocycles. The van der Waals surface area contributed by atoms with Crippen molar-refractivity contribution < 1.29 is 28.9 Å². The van der Waals surface area contributed by atoms with E-state index in [-0.39, 0.29) is 39.6 Å². The predicted molar refractivity (Wildman–Crippen MR) is 106 cm³/mol. The molecule has 0 radical (unpaired) electrons. The van der Waals surface area contributed by atoms with Crippen LogP contribution in [0.3, 0.4) is 0 Å². The molecule has 8 heteroatoms. The summed E-state index contributed by atoms with van der Waals surface area (Å²) < 4.78 is 15.5. The number of amides is 2. The molecule has 0 aliphatic carbocycles. The standard InChI is InChI=1S/C21H26N2O6/c24-13-19(23-21(26)29-15-18-9-5-2-6-10-18)16-27-12-11-22-20(25)28-14-17-7-3-1-4-8-17/h1-10,19,24H,11-16H2,(H,22,25)(H,23,26)/t19-/m1/s1. The van der Waals surface area contributed by atoms with E-state index in [1.165, 1.54) is 0 Å². The van der Waals surface area contributed by atoms with Gasteiger partial charge in [0.25, 0.3) is 0 Å². The maximum Gasteiger partial charge on any atom is 0.407 e. The molecule has 1 atom stereocenters. The number of aliphatic hydroxyl groups is 1. The molecule has 156 valence electrons. The summed E-state index contributed by atoms with van der Waals surface area (Å²) >= 11 is 0. The minimum Gasteiger partial charge on any atom is -0.445 e. The average Bonchev–Trinajstić information content (AvgIpc) is 2.76. The normalized spacial score (nSPS) is 11.3. The Morgan fingerprint density at radius 1 is 0.862 bits per heavy atom. The number of rotatable bonds is 11. The fourth-order valence-corrected chi connectivity index (χ4v) is 2.30. The van der Waals surface area contributed by atoms with Crippen LogP contribution in [0.4, 0.5) is 9.59 Å². The minimum absolute atomic E-state index is 0.0810. The van der Waals surface area contributed by atoms with Crippen LogP contribution < -0.4 is 10.6 Å². The number of hydrogen-bond acceptors (Lipinski definition) is 6. The van der Waals surface area contributed by atoms with Crippen LogP contribution in [0.2, 0.25) is 0 Å². The van der Waals surface area contributed by atoms with Gasteiger partial charge in [0.1, 0.15) is 13.2 Å². The zero-order chi connectivity index (χ0) is 20.7. The summed E-state index contributed by atoms with van der Waals surface area (Å²) in [6.07, 6.45) is -1.18. The van der Waals surface area contributed by atoms with Gasteiger partial charge in [0.2, 0.25) is 0 Å². The summed E-state index contributed by atoms with van der Waals surface area (Å²) in [6.45, 7) is 0.558. The van der Waals surface area contributed by atoms with Crippen molar-refractivity contribution in [3.05, 3.63) is 71.8 Å². The van der Waals surface area contributed by atoms with Crippen molar-refractivity contribution in [2.24, 2.45) is 0 Å². The molecule has 0 aliphatic heterocycles. The van der Waals surface area contributed by atoms with E-state index in [2.05, 4.69) is 10.6 Å². The number of nitrogens with one attached hydrogen (secondary N) is 2. The van der Waals surface area contributed by atoms with Crippen molar-refractivity contribution in [1.82, 2.24) is 10.6 Å². The lowest BCUT2D eigenvalue weighted by molar-refractivity contribution is 0.0782. The van der Waals surface area contributed by atoms with Crippen molar-refractivity contribution in [2.45, 2.75) is 19.3 Å². The van der Waals surface area contributed by atoms with Gasteiger partial charge in [-0.15, -0.1) is 0 Å². The van der Waals surface area contributed by atoms with E-state index in [4.69, 9.17) is 14.2 Å². The SMILES string of the molecule is O=C(NCCOC[C@@H](CO)NC(=O)OCc1ccccc1)OCc1ccccc1. The van der Waals surface area contributed by atoms with E-state index < -0.39 is 18.2 Å². The maximum atomic E-state index is 11.8. The molecule has 0 saturated heterocycles. The van der Waals surface area contributed by atoms with E-state index in [1.807, 2.05) is 60.7 Å². The number of hydrogen-bond donors (Lipinski definition) is 3. The van der Waals surface area contributed by atoms with E-state index in [0.717, 1.165) is 11.1 Å². The minimum atomic E-state index is -0.640. The van der Waals surface area contributed by atoms with Gasteiger partial charge in [-0.25, -0.2) is 9.59 Å². The highest BCUT2D eigenvalue weighted by molar-refractivity contribution is 5.67. The first-order chi connectivity index (χ1) is 14.2. The van der Waals surface area contributed by atoms with Gasteiger partial charge in [0, 0.05) is 6.54 Å². The second-order valence-electron chi connectivity index (χ2n) is 6.15. The summed E-state index contributed by atoms with van der Waals surface area (Å²) in [5.41, 5.74) is 1.76. The molecule has 3 N–H and O–H groups in total. The van der Waals surface area contributed by atoms with Gasteiger partial charge in [-0.2, -0.15) is 0 Å². The molecule has 8 nitrogen and oxygen atoms in total. The van der Waals surface area contributed by atoms with Gasteiger partial charge in [-0.05, 0) is 11.1 Å². The third kappa shape index (κ3) is 9.59. The quantitative estimate of drug-likeness (QED) is 0.498. The van der Waals surface area contributed by atoms with Crippen LogP contribution in [-0.2, 0) is 27.4 Å². The Kier molecular flexibility index (Phi) is 10.1. The van der Waals surface area contributed by atoms with Gasteiger partial charge in [0.15, 0.2) is 0 Å². The second-order valence-corrected chi connectivity index (χ2v) is 6.15. The Hall–Kier alpha value is -3.10. The van der Waals surface area contributed by atoms with Gasteiger partial charge in [-0.1, -0.05) is 60.7 Å². The first-order valence-corrected chi connectivity index (χ1v) is 9.27. The summed E-state index contributed by atoms with van der Waals surface area (Å²) in [5.74, 6) is 0. The maximum absolute atomic E-state index is 11.8. The fourth-order valence-electron chi connectivity index (χ4n) is 2.30. The molecule has 0 fully saturated rings. The van der Waals surface area contributed by atoms with Gasteiger partial charge in [-0.3, -0.25) is 0 Å². The number of ether oxygens (including phenoxy) is 3. The van der Waals surface area contributed by atoms with E-state index in [1.54, 1.807) is 0 Å². The summed E-state index contributed by atoms with van der Waals surface area (Å²) in [6, 6.07) is 18.0. The van der Waals surface area contributed by atoms with Crippen LogP contribution in [0, 0.1) is 0 Å². The number of carbonyl (C=O) groups is 2. The van der Waals surface area contributed by atoms with Gasteiger partial charge >= 0.3 is 12.2 Å². The van der Waals surface area contributed by atoms with Crippen molar-refractivity contribution >= 4 is 12.2 Å². The highest BCUT2D eigenvalue weighted by Gasteiger charge is 2.12. The molecule has 0 spiro atoms. The monoisotopic (exact) mass is 402 g/mol. The summed E-state index contributed by atoms with van der Waals surface area (Å²) in [7, 11) is 0. The van der Waals surface area contributed by atoms with E-state index >= 15 is 0 Å². The first-order valence-electron chi connectivity index (χ1n) is 9.27. The molecular weight excluding hydrogens is 376 g/mol. The Morgan fingerprint density at radius 3 is 1.97 bits per heavy atom. The number of carbonyl (C=O) groups excluding carboxylic acids is 2. The lowest BCUT2D eigenvalue weighted by Crippen LogP contribution is -2.41. The molecule has 2 amide bonds. The van der Waals surface area contributed by atoms with E-state index in [0.29, 0.717) is 0 Å². The lowest BCUT2D eigenvalue weighted by atomic mass is 10.2. The number of benzene rings is 2. The van der Waals surface area contributed by atoms with Crippen LogP contribution >= 0.6 is 0 Å². The third-order valence-corrected chi connectivity index (χ3v) is 3.80. The zero-order valence-corrected chi connectivity index (χ0v) is 16.1. The summed E-state index contributed by atoms with van der Waals surface area (Å²) in [5, 5.41) is 14.4. The zero-order valence-electron chi connectivity index (χ0n) is 16.1. The lowest BCUT2D eigenvalue weighted by Gasteiger charge is -2.16. The van der Waals surface area contributed by atoms with Crippen molar-refractivity contribution in [3.63, 3.8) is 0 Å². The number of alkyl carbamates (subject to hydrolysis) is 2. The fraction of sp³-hybridized carbons (Fsp3) is 0.333. The van der Waals surface area contributed by atoms with Crippen molar-refractivity contribution in [3.8, 4) is 0 Å². The van der Waals surface area contributed by atoms with E-state index in [9.17, 15) is 14.7 Å². The topological polar surface area (TPSA) is 106 Å². The Morgan fingerprint density at radius 2 is 1.41 bits per heavy atom. The molecule has 0 aromatic heterocycles. The Balaban J connectivity index is 1.53. The summed E-state index contributed by atoms with van der Waals surface area (Å²) in [4.78, 5) is 23.4. The largest absolute Gasteiger partial charge is 0.445 e. The molecule has 2 aromatic rings. The third-order valence-electron chi connectivity index (χ3n) is 3.80. The molecule has 0 bridgehead atoms. The molecular formula is C21H26N2O6. The van der Waals surface area contributed by atoms with Crippen LogP contribution in [0.5, 0.6) is 0 Å². The van der Waals surface area contributed by atoms with Gasteiger partial charge < -0.3 is 30.0 Å².